The number of pyridine rings is 1. The van der Waals surface area contributed by atoms with Crippen molar-refractivity contribution in [3.63, 3.8) is 0 Å². The molecule has 1 aliphatic rings. The average molecular weight is 330 g/mol. The highest BCUT2D eigenvalue weighted by atomic mass is 32.2. The number of carbonyl (C=O) groups is 1. The van der Waals surface area contributed by atoms with Gasteiger partial charge in [0.05, 0.1) is 16.1 Å². The van der Waals surface area contributed by atoms with E-state index in [0.29, 0.717) is 6.04 Å². The molecule has 122 valence electrons. The topological polar surface area (TPSA) is 62.2 Å². The molecule has 1 heterocycles. The van der Waals surface area contributed by atoms with E-state index >= 15 is 0 Å². The van der Waals surface area contributed by atoms with Crippen LogP contribution in [-0.2, 0) is 0 Å². The number of benzene rings is 1. The van der Waals surface area contributed by atoms with Crippen molar-refractivity contribution >= 4 is 28.6 Å². The highest BCUT2D eigenvalue weighted by Crippen LogP contribution is 2.26. The predicted molar refractivity (Wildman–Crippen MR) is 93.9 cm³/mol. The van der Waals surface area contributed by atoms with Gasteiger partial charge in [-0.1, -0.05) is 24.6 Å². The Bertz CT molecular complexity index is 686. The van der Waals surface area contributed by atoms with Crippen LogP contribution in [0.15, 0.2) is 35.4 Å². The maximum atomic E-state index is 12.5. The van der Waals surface area contributed by atoms with Crippen LogP contribution in [0.5, 0.6) is 0 Å². The van der Waals surface area contributed by atoms with E-state index in [9.17, 15) is 4.79 Å². The minimum absolute atomic E-state index is 0.00762. The number of aliphatic hydroxyl groups is 1. The molecule has 0 unspecified atom stereocenters. The van der Waals surface area contributed by atoms with Crippen LogP contribution in [0.4, 0.5) is 0 Å². The van der Waals surface area contributed by atoms with Gasteiger partial charge in [-0.25, -0.2) is 4.98 Å². The van der Waals surface area contributed by atoms with Crippen molar-refractivity contribution in [2.24, 2.45) is 0 Å². The Kier molecular flexibility index (Phi) is 5.51. The maximum Gasteiger partial charge on any atom is 0.252 e. The quantitative estimate of drug-likeness (QED) is 0.575. The molecule has 4 nitrogen and oxygen atoms in total. The fourth-order valence-electron chi connectivity index (χ4n) is 2.47. The summed E-state index contributed by atoms with van der Waals surface area (Å²) in [5, 5.41) is 13.7. The van der Waals surface area contributed by atoms with E-state index in [1.807, 2.05) is 30.3 Å². The van der Waals surface area contributed by atoms with Crippen molar-refractivity contribution in [2.45, 2.75) is 43.2 Å². The SMILES string of the molecule is O=C(NC1CC1)c1cc(SCCCCCO)nc2ccccc12. The van der Waals surface area contributed by atoms with Crippen LogP contribution in [0.3, 0.4) is 0 Å². The number of carbonyl (C=O) groups excluding carboxylic acids is 1. The summed E-state index contributed by atoms with van der Waals surface area (Å²) in [5.41, 5.74) is 1.59. The Hall–Kier alpha value is -1.59. The summed E-state index contributed by atoms with van der Waals surface area (Å²) >= 11 is 1.68. The monoisotopic (exact) mass is 330 g/mol. The Morgan fingerprint density at radius 2 is 2.09 bits per heavy atom. The molecule has 23 heavy (non-hydrogen) atoms. The molecular formula is C18H22N2O2S. The third-order valence-electron chi connectivity index (χ3n) is 3.90. The number of hydrogen-bond donors (Lipinski definition) is 2. The van der Waals surface area contributed by atoms with Gasteiger partial charge in [0.1, 0.15) is 0 Å². The largest absolute Gasteiger partial charge is 0.396 e. The predicted octanol–water partition coefficient (Wildman–Crippen LogP) is 3.38. The summed E-state index contributed by atoms with van der Waals surface area (Å²) in [7, 11) is 0. The first-order valence-corrected chi connectivity index (χ1v) is 9.21. The minimum Gasteiger partial charge on any atom is -0.396 e. The number of fused-ring (bicyclic) bond motifs is 1. The number of nitrogens with zero attached hydrogens (tertiary/aromatic N) is 1. The summed E-state index contributed by atoms with van der Waals surface area (Å²) in [6, 6.07) is 10.1. The van der Waals surface area contributed by atoms with Gasteiger partial charge in [0.2, 0.25) is 0 Å². The third kappa shape index (κ3) is 4.45. The van der Waals surface area contributed by atoms with Crippen LogP contribution in [0.2, 0.25) is 0 Å². The van der Waals surface area contributed by atoms with Crippen molar-refractivity contribution in [3.8, 4) is 0 Å². The fraction of sp³-hybridized carbons (Fsp3) is 0.444. The van der Waals surface area contributed by atoms with Crippen molar-refractivity contribution in [3.05, 3.63) is 35.9 Å². The second-order valence-corrected chi connectivity index (χ2v) is 7.02. The number of aliphatic hydroxyl groups excluding tert-OH is 1. The molecule has 1 saturated carbocycles. The Labute approximate surface area is 140 Å². The molecular weight excluding hydrogens is 308 g/mol. The standard InChI is InChI=1S/C18H22N2O2S/c21-10-4-1-5-11-23-17-12-15(18(22)19-13-8-9-13)14-6-2-3-7-16(14)20-17/h2-3,6-7,12-13,21H,1,4-5,8-11H2,(H,19,22). The van der Waals surface area contributed by atoms with E-state index in [1.165, 1.54) is 0 Å². The number of amides is 1. The van der Waals surface area contributed by atoms with E-state index in [0.717, 1.165) is 59.3 Å². The first kappa shape index (κ1) is 16.3. The molecule has 3 rings (SSSR count). The van der Waals surface area contributed by atoms with Gasteiger partial charge < -0.3 is 10.4 Å². The van der Waals surface area contributed by atoms with Gasteiger partial charge >= 0.3 is 0 Å². The van der Waals surface area contributed by atoms with Crippen LogP contribution in [0, 0.1) is 0 Å². The van der Waals surface area contributed by atoms with Gasteiger partial charge in [-0.15, -0.1) is 11.8 Å². The van der Waals surface area contributed by atoms with Crippen LogP contribution < -0.4 is 5.32 Å². The Balaban J connectivity index is 1.77. The summed E-state index contributed by atoms with van der Waals surface area (Å²) in [4.78, 5) is 17.2. The molecule has 1 fully saturated rings. The molecule has 1 aromatic carbocycles. The van der Waals surface area contributed by atoms with Gasteiger partial charge in [-0.3, -0.25) is 4.79 Å². The van der Waals surface area contributed by atoms with Crippen LogP contribution >= 0.6 is 11.8 Å². The fourth-order valence-corrected chi connectivity index (χ4v) is 3.39. The normalized spacial score (nSPS) is 14.1. The lowest BCUT2D eigenvalue weighted by atomic mass is 10.1. The van der Waals surface area contributed by atoms with Crippen molar-refractivity contribution in [2.75, 3.05) is 12.4 Å². The van der Waals surface area contributed by atoms with Crippen LogP contribution in [0.25, 0.3) is 10.9 Å². The molecule has 2 N–H and O–H groups in total. The van der Waals surface area contributed by atoms with Crippen molar-refractivity contribution in [1.82, 2.24) is 10.3 Å². The van der Waals surface area contributed by atoms with Crippen molar-refractivity contribution < 1.29 is 9.90 Å². The number of thioether (sulfide) groups is 1. The van der Waals surface area contributed by atoms with Crippen molar-refractivity contribution in [1.29, 1.82) is 0 Å². The summed E-state index contributed by atoms with van der Waals surface area (Å²) in [5.74, 6) is 0.961. The zero-order chi connectivity index (χ0) is 16.1. The zero-order valence-corrected chi connectivity index (χ0v) is 13.9. The molecule has 0 bridgehead atoms. The second kappa shape index (κ2) is 7.79. The van der Waals surface area contributed by atoms with E-state index < -0.39 is 0 Å². The molecule has 1 amide bonds. The first-order valence-electron chi connectivity index (χ1n) is 8.22. The maximum absolute atomic E-state index is 12.5. The smallest absolute Gasteiger partial charge is 0.252 e. The van der Waals surface area contributed by atoms with E-state index in [-0.39, 0.29) is 12.5 Å². The zero-order valence-electron chi connectivity index (χ0n) is 13.1. The highest BCUT2D eigenvalue weighted by Gasteiger charge is 2.24. The highest BCUT2D eigenvalue weighted by molar-refractivity contribution is 7.99. The number of hydrogen-bond acceptors (Lipinski definition) is 4. The van der Waals surface area contributed by atoms with E-state index in [1.54, 1.807) is 11.8 Å². The summed E-state index contributed by atoms with van der Waals surface area (Å²) < 4.78 is 0. The lowest BCUT2D eigenvalue weighted by molar-refractivity contribution is 0.0952. The Morgan fingerprint density at radius 1 is 1.26 bits per heavy atom. The van der Waals surface area contributed by atoms with Gasteiger partial charge in [-0.2, -0.15) is 0 Å². The van der Waals surface area contributed by atoms with Gasteiger partial charge in [0, 0.05) is 18.0 Å². The minimum atomic E-state index is 0.00762. The molecule has 0 spiro atoms. The molecule has 5 heteroatoms. The first-order chi connectivity index (χ1) is 11.3. The molecule has 1 aromatic heterocycles. The van der Waals surface area contributed by atoms with Crippen LogP contribution in [-0.4, -0.2) is 34.4 Å². The molecule has 0 saturated heterocycles. The number of rotatable bonds is 8. The lowest BCUT2D eigenvalue weighted by Gasteiger charge is -2.10. The lowest BCUT2D eigenvalue weighted by Crippen LogP contribution is -2.25. The molecule has 2 aromatic rings. The van der Waals surface area contributed by atoms with E-state index in [2.05, 4.69) is 10.3 Å². The average Bonchev–Trinajstić information content (AvgIpc) is 3.38. The van der Waals surface area contributed by atoms with Gasteiger partial charge in [0.25, 0.3) is 5.91 Å². The molecule has 1 aliphatic carbocycles. The molecule has 0 radical (unpaired) electrons. The second-order valence-electron chi connectivity index (χ2n) is 5.91. The number of nitrogens with one attached hydrogen (secondary N) is 1. The summed E-state index contributed by atoms with van der Waals surface area (Å²) in [6.07, 6.45) is 5.08. The van der Waals surface area contributed by atoms with E-state index in [4.69, 9.17) is 5.11 Å². The van der Waals surface area contributed by atoms with Gasteiger partial charge in [-0.05, 0) is 43.6 Å². The molecule has 0 atom stereocenters. The van der Waals surface area contributed by atoms with Gasteiger partial charge in [0.15, 0.2) is 0 Å². The third-order valence-corrected chi connectivity index (χ3v) is 4.90. The number of unbranched alkanes of at least 4 members (excludes halogenated alkanes) is 2. The number of aromatic nitrogens is 1. The molecule has 0 aliphatic heterocycles. The number of para-hydroxylation sites is 1. The Morgan fingerprint density at radius 3 is 2.87 bits per heavy atom. The summed E-state index contributed by atoms with van der Waals surface area (Å²) in [6.45, 7) is 0.254. The van der Waals surface area contributed by atoms with Crippen LogP contribution in [0.1, 0.15) is 42.5 Å².